The van der Waals surface area contributed by atoms with E-state index in [2.05, 4.69) is 21.7 Å². The average molecular weight is 348 g/mol. The second-order valence-corrected chi connectivity index (χ2v) is 6.30. The third-order valence-electron chi connectivity index (χ3n) is 4.65. The Bertz CT molecular complexity index is 946. The van der Waals surface area contributed by atoms with Crippen LogP contribution in [0.1, 0.15) is 15.9 Å². The van der Waals surface area contributed by atoms with Crippen LogP contribution in [-0.2, 0) is 6.42 Å². The molecule has 3 N–H and O–H groups in total. The summed E-state index contributed by atoms with van der Waals surface area (Å²) >= 11 is 0. The van der Waals surface area contributed by atoms with Crippen LogP contribution in [0, 0.1) is 0 Å². The van der Waals surface area contributed by atoms with Gasteiger partial charge in [-0.1, -0.05) is 18.2 Å². The third kappa shape index (κ3) is 3.13. The number of para-hydroxylation sites is 1. The van der Waals surface area contributed by atoms with Crippen LogP contribution in [0.3, 0.4) is 0 Å². The fraction of sp³-hybridized carbons (Fsp3) is 0.200. The molecule has 1 aliphatic rings. The lowest BCUT2D eigenvalue weighted by molar-refractivity contribution is 0.0954. The van der Waals surface area contributed by atoms with Crippen LogP contribution in [0.5, 0.6) is 0 Å². The van der Waals surface area contributed by atoms with Gasteiger partial charge in [-0.2, -0.15) is 0 Å². The van der Waals surface area contributed by atoms with Crippen LogP contribution in [0.15, 0.2) is 54.7 Å². The normalized spacial score (nSPS) is 13.8. The van der Waals surface area contributed by atoms with E-state index in [9.17, 15) is 9.59 Å². The number of urea groups is 1. The summed E-state index contributed by atoms with van der Waals surface area (Å²) in [6.07, 6.45) is 2.76. The Balaban J connectivity index is 1.35. The molecule has 0 aliphatic carbocycles. The van der Waals surface area contributed by atoms with Crippen LogP contribution >= 0.6 is 0 Å². The molecule has 26 heavy (non-hydrogen) atoms. The van der Waals surface area contributed by atoms with E-state index in [1.54, 1.807) is 29.2 Å². The maximum Gasteiger partial charge on any atom is 0.321 e. The summed E-state index contributed by atoms with van der Waals surface area (Å²) in [6, 6.07) is 15.2. The van der Waals surface area contributed by atoms with Crippen molar-refractivity contribution in [2.45, 2.75) is 6.42 Å². The molecule has 1 fully saturated rings. The number of rotatable bonds is 5. The molecular weight excluding hydrogens is 328 g/mol. The molecule has 0 bridgehead atoms. The van der Waals surface area contributed by atoms with Gasteiger partial charge in [0.25, 0.3) is 5.91 Å². The van der Waals surface area contributed by atoms with E-state index in [-0.39, 0.29) is 11.9 Å². The Hall–Kier alpha value is -3.28. The Kier molecular flexibility index (Phi) is 4.31. The molecule has 0 radical (unpaired) electrons. The highest BCUT2D eigenvalue weighted by Crippen LogP contribution is 2.18. The summed E-state index contributed by atoms with van der Waals surface area (Å²) in [5.41, 5.74) is 3.69. The van der Waals surface area contributed by atoms with Crippen molar-refractivity contribution in [2.24, 2.45) is 0 Å². The van der Waals surface area contributed by atoms with Crippen LogP contribution < -0.4 is 15.5 Å². The number of hydrogen-bond acceptors (Lipinski definition) is 2. The molecule has 2 heterocycles. The Morgan fingerprint density at radius 2 is 1.92 bits per heavy atom. The molecule has 4 rings (SSSR count). The lowest BCUT2D eigenvalue weighted by atomic mass is 10.1. The summed E-state index contributed by atoms with van der Waals surface area (Å²) in [6.45, 7) is 1.86. The van der Waals surface area contributed by atoms with Crippen molar-refractivity contribution in [2.75, 3.05) is 24.5 Å². The molecule has 6 nitrogen and oxygen atoms in total. The molecule has 1 saturated heterocycles. The van der Waals surface area contributed by atoms with Gasteiger partial charge in [0.1, 0.15) is 0 Å². The number of fused-ring (bicyclic) bond motifs is 1. The molecule has 3 aromatic rings. The minimum Gasteiger partial charge on any atom is -0.361 e. The van der Waals surface area contributed by atoms with E-state index in [1.165, 1.54) is 10.9 Å². The van der Waals surface area contributed by atoms with Gasteiger partial charge in [0, 0.05) is 48.0 Å². The van der Waals surface area contributed by atoms with Crippen molar-refractivity contribution in [1.82, 2.24) is 15.6 Å². The minimum absolute atomic E-state index is 0.0964. The number of anilines is 1. The predicted molar refractivity (Wildman–Crippen MR) is 102 cm³/mol. The highest BCUT2D eigenvalue weighted by Gasteiger charge is 2.21. The molecular formula is C20H20N4O2. The van der Waals surface area contributed by atoms with E-state index in [0.29, 0.717) is 25.2 Å². The summed E-state index contributed by atoms with van der Waals surface area (Å²) in [4.78, 5) is 28.9. The van der Waals surface area contributed by atoms with Gasteiger partial charge in [-0.15, -0.1) is 0 Å². The average Bonchev–Trinajstić information content (AvgIpc) is 3.28. The lowest BCUT2D eigenvalue weighted by Gasteiger charge is -2.14. The standard InChI is InChI=1S/C20H20N4O2/c25-19(14-5-7-16(8-6-14)24-12-11-22-20(24)26)21-10-9-15-13-23-18-4-2-1-3-17(15)18/h1-8,13,23H,9-12H2,(H,21,25)(H,22,26). The van der Waals surface area contributed by atoms with E-state index in [1.807, 2.05) is 24.4 Å². The molecule has 1 aromatic heterocycles. The second-order valence-electron chi connectivity index (χ2n) is 6.30. The highest BCUT2D eigenvalue weighted by molar-refractivity contribution is 5.97. The van der Waals surface area contributed by atoms with Crippen molar-refractivity contribution in [3.8, 4) is 0 Å². The Morgan fingerprint density at radius 3 is 2.69 bits per heavy atom. The maximum atomic E-state index is 12.3. The maximum absolute atomic E-state index is 12.3. The number of carbonyl (C=O) groups is 2. The van der Waals surface area contributed by atoms with Crippen molar-refractivity contribution in [3.63, 3.8) is 0 Å². The first-order valence-corrected chi connectivity index (χ1v) is 8.71. The number of carbonyl (C=O) groups excluding carboxylic acids is 2. The molecule has 0 spiro atoms. The van der Waals surface area contributed by atoms with Crippen LogP contribution in [-0.4, -0.2) is 36.6 Å². The van der Waals surface area contributed by atoms with Gasteiger partial charge < -0.3 is 15.6 Å². The zero-order valence-corrected chi connectivity index (χ0v) is 14.3. The Labute approximate surface area is 151 Å². The first-order chi connectivity index (χ1) is 12.7. The number of aromatic amines is 1. The van der Waals surface area contributed by atoms with Gasteiger partial charge >= 0.3 is 6.03 Å². The van der Waals surface area contributed by atoms with Gasteiger partial charge in [0.05, 0.1) is 0 Å². The van der Waals surface area contributed by atoms with Crippen molar-refractivity contribution >= 4 is 28.5 Å². The summed E-state index contributed by atoms with van der Waals surface area (Å²) in [5.74, 6) is -0.109. The highest BCUT2D eigenvalue weighted by atomic mass is 16.2. The van der Waals surface area contributed by atoms with Crippen LogP contribution in [0.25, 0.3) is 10.9 Å². The SMILES string of the molecule is O=C(NCCc1c[nH]c2ccccc12)c1ccc(N2CCNC2=O)cc1. The number of amides is 3. The van der Waals surface area contributed by atoms with E-state index in [0.717, 1.165) is 17.6 Å². The molecule has 6 heteroatoms. The molecule has 0 atom stereocenters. The van der Waals surface area contributed by atoms with Gasteiger partial charge in [-0.3, -0.25) is 9.69 Å². The first-order valence-electron chi connectivity index (χ1n) is 8.71. The molecule has 2 aromatic carbocycles. The topological polar surface area (TPSA) is 77.2 Å². The number of nitrogens with one attached hydrogen (secondary N) is 3. The first kappa shape index (κ1) is 16.2. The number of H-pyrrole nitrogens is 1. The molecule has 0 unspecified atom stereocenters. The fourth-order valence-electron chi connectivity index (χ4n) is 3.26. The third-order valence-corrected chi connectivity index (χ3v) is 4.65. The number of hydrogen-bond donors (Lipinski definition) is 3. The predicted octanol–water partition coefficient (Wildman–Crippen LogP) is 2.67. The largest absolute Gasteiger partial charge is 0.361 e. The van der Waals surface area contributed by atoms with Crippen molar-refractivity contribution in [1.29, 1.82) is 0 Å². The van der Waals surface area contributed by atoms with Gasteiger partial charge in [0.2, 0.25) is 0 Å². The lowest BCUT2D eigenvalue weighted by Crippen LogP contribution is -2.28. The van der Waals surface area contributed by atoms with Crippen LogP contribution in [0.4, 0.5) is 10.5 Å². The van der Waals surface area contributed by atoms with E-state index < -0.39 is 0 Å². The molecule has 1 aliphatic heterocycles. The quantitative estimate of drug-likeness (QED) is 0.663. The minimum atomic E-state index is -0.109. The zero-order valence-electron chi connectivity index (χ0n) is 14.3. The number of aromatic nitrogens is 1. The Morgan fingerprint density at radius 1 is 1.12 bits per heavy atom. The molecule has 0 saturated carbocycles. The van der Waals surface area contributed by atoms with Gasteiger partial charge in [-0.05, 0) is 42.3 Å². The zero-order chi connectivity index (χ0) is 17.9. The van der Waals surface area contributed by atoms with Crippen molar-refractivity contribution in [3.05, 3.63) is 65.9 Å². The fourth-order valence-corrected chi connectivity index (χ4v) is 3.26. The van der Waals surface area contributed by atoms with E-state index >= 15 is 0 Å². The second kappa shape index (κ2) is 6.92. The molecule has 3 amide bonds. The van der Waals surface area contributed by atoms with Gasteiger partial charge in [-0.25, -0.2) is 4.79 Å². The van der Waals surface area contributed by atoms with Gasteiger partial charge in [0.15, 0.2) is 0 Å². The van der Waals surface area contributed by atoms with Crippen molar-refractivity contribution < 1.29 is 9.59 Å². The monoisotopic (exact) mass is 348 g/mol. The van der Waals surface area contributed by atoms with Crippen LogP contribution in [0.2, 0.25) is 0 Å². The smallest absolute Gasteiger partial charge is 0.321 e. The summed E-state index contributed by atoms with van der Waals surface area (Å²) < 4.78 is 0. The summed E-state index contributed by atoms with van der Waals surface area (Å²) in [7, 11) is 0. The molecule has 132 valence electrons. The van der Waals surface area contributed by atoms with E-state index in [4.69, 9.17) is 0 Å². The summed E-state index contributed by atoms with van der Waals surface area (Å²) in [5, 5.41) is 6.91. The number of benzene rings is 2. The number of nitrogens with zero attached hydrogens (tertiary/aromatic N) is 1.